The average molecular weight is 490 g/mol. The fourth-order valence-corrected chi connectivity index (χ4v) is 4.66. The first-order chi connectivity index (χ1) is 12.1. The van der Waals surface area contributed by atoms with Gasteiger partial charge in [0.05, 0.1) is 5.69 Å². The molecule has 1 aromatic carbocycles. The molecule has 7 heteroatoms. The predicted octanol–water partition coefficient (Wildman–Crippen LogP) is 4.53. The summed E-state index contributed by atoms with van der Waals surface area (Å²) < 4.78 is 0.888. The van der Waals surface area contributed by atoms with Gasteiger partial charge in [-0.1, -0.05) is 34.2 Å². The first-order valence-corrected chi connectivity index (χ1v) is 11.1. The van der Waals surface area contributed by atoms with Gasteiger partial charge in [0.2, 0.25) is 0 Å². The van der Waals surface area contributed by atoms with Crippen LogP contribution in [0, 0.1) is 6.92 Å². The van der Waals surface area contributed by atoms with Crippen LogP contribution in [0.5, 0.6) is 0 Å². The molecule has 4 nitrogen and oxygen atoms in total. The quantitative estimate of drug-likeness (QED) is 0.479. The number of halogens is 2. The Morgan fingerprint density at radius 2 is 2.12 bits per heavy atom. The molecule has 2 aromatic rings. The molecule has 134 valence electrons. The molecule has 0 radical (unpaired) electrons. The molecule has 1 aliphatic heterocycles. The van der Waals surface area contributed by atoms with Crippen molar-refractivity contribution in [1.29, 1.82) is 0 Å². The van der Waals surface area contributed by atoms with E-state index >= 15 is 0 Å². The van der Waals surface area contributed by atoms with Crippen molar-refractivity contribution < 1.29 is 4.79 Å². The van der Waals surface area contributed by atoms with Crippen molar-refractivity contribution in [3.05, 3.63) is 39.4 Å². The zero-order chi connectivity index (χ0) is 17.8. The third kappa shape index (κ3) is 4.93. The van der Waals surface area contributed by atoms with Crippen LogP contribution in [0.4, 0.5) is 0 Å². The number of carbonyl (C=O) groups is 1. The largest absolute Gasteiger partial charge is 0.350 e. The molecule has 0 saturated carbocycles. The van der Waals surface area contributed by atoms with Crippen LogP contribution in [0.3, 0.4) is 0 Å². The van der Waals surface area contributed by atoms with Crippen LogP contribution in [0.1, 0.15) is 33.8 Å². The number of aryl methyl sites for hydroxylation is 1. The topological polar surface area (TPSA) is 45.2 Å². The fraction of sp³-hybridized carbons (Fsp3) is 0.444. The molecule has 1 amide bonds. The maximum Gasteiger partial charge on any atom is 0.263 e. The van der Waals surface area contributed by atoms with E-state index in [4.69, 9.17) is 11.6 Å². The highest BCUT2D eigenvalue weighted by atomic mass is 127. The maximum atomic E-state index is 12.5. The van der Waals surface area contributed by atoms with E-state index in [1.807, 2.05) is 19.1 Å². The van der Waals surface area contributed by atoms with Crippen LogP contribution in [-0.2, 0) is 4.43 Å². The first-order valence-electron chi connectivity index (χ1n) is 8.40. The summed E-state index contributed by atoms with van der Waals surface area (Å²) in [5.41, 5.74) is 2.91. The lowest BCUT2D eigenvalue weighted by Crippen LogP contribution is -2.33. The molecule has 25 heavy (non-hydrogen) atoms. The minimum absolute atomic E-state index is 0.0309. The first kappa shape index (κ1) is 19.1. The number of hydrogen-bond donors (Lipinski definition) is 1. The Morgan fingerprint density at radius 1 is 1.36 bits per heavy atom. The van der Waals surface area contributed by atoms with Crippen LogP contribution in [-0.4, -0.2) is 42.0 Å². The number of benzene rings is 1. The monoisotopic (exact) mass is 489 g/mol. The second-order valence-electron chi connectivity index (χ2n) is 6.22. The maximum absolute atomic E-state index is 12.5. The number of nitrogens with zero attached hydrogens (tertiary/aromatic N) is 2. The SMILES string of the molecule is Cc1nc(-c2cc(Cl)cc(CI)c2)sc1C(=O)NCCN1CCCC1. The lowest BCUT2D eigenvalue weighted by molar-refractivity contribution is 0.0953. The fourth-order valence-electron chi connectivity index (χ4n) is 3.00. The number of thiazole rings is 1. The lowest BCUT2D eigenvalue weighted by Gasteiger charge is -2.14. The lowest BCUT2D eigenvalue weighted by atomic mass is 10.1. The Balaban J connectivity index is 1.69. The molecule has 1 saturated heterocycles. The summed E-state index contributed by atoms with van der Waals surface area (Å²) in [4.78, 5) is 20.2. The number of likely N-dealkylation sites (tertiary alicyclic amines) is 1. The van der Waals surface area contributed by atoms with Gasteiger partial charge in [-0.25, -0.2) is 4.98 Å². The molecule has 0 unspecified atom stereocenters. The number of alkyl halides is 1. The number of carbonyl (C=O) groups excluding carboxylic acids is 1. The molecule has 0 spiro atoms. The van der Waals surface area contributed by atoms with Gasteiger partial charge in [-0.15, -0.1) is 11.3 Å². The van der Waals surface area contributed by atoms with E-state index in [0.29, 0.717) is 16.4 Å². The van der Waals surface area contributed by atoms with E-state index in [2.05, 4.69) is 43.9 Å². The number of amides is 1. The molecule has 1 aliphatic rings. The van der Waals surface area contributed by atoms with Crippen molar-refractivity contribution in [2.45, 2.75) is 24.2 Å². The van der Waals surface area contributed by atoms with Crippen molar-refractivity contribution in [3.8, 4) is 10.6 Å². The minimum atomic E-state index is -0.0309. The van der Waals surface area contributed by atoms with Crippen molar-refractivity contribution in [3.63, 3.8) is 0 Å². The van der Waals surface area contributed by atoms with Crippen LogP contribution >= 0.6 is 45.5 Å². The zero-order valence-corrected chi connectivity index (χ0v) is 17.9. The van der Waals surface area contributed by atoms with Crippen LogP contribution < -0.4 is 5.32 Å². The Hall–Kier alpha value is -0.700. The molecule has 0 aliphatic carbocycles. The zero-order valence-electron chi connectivity index (χ0n) is 14.1. The Morgan fingerprint density at radius 3 is 2.84 bits per heavy atom. The molecule has 1 aromatic heterocycles. The second-order valence-corrected chi connectivity index (χ2v) is 8.42. The molecular weight excluding hydrogens is 469 g/mol. The van der Waals surface area contributed by atoms with Crippen molar-refractivity contribution in [2.75, 3.05) is 26.2 Å². The highest BCUT2D eigenvalue weighted by Crippen LogP contribution is 2.31. The number of aromatic nitrogens is 1. The van der Waals surface area contributed by atoms with E-state index in [1.54, 1.807) is 0 Å². The summed E-state index contributed by atoms with van der Waals surface area (Å²) in [5.74, 6) is -0.0309. The van der Waals surface area contributed by atoms with Gasteiger partial charge in [-0.05, 0) is 56.6 Å². The van der Waals surface area contributed by atoms with Gasteiger partial charge >= 0.3 is 0 Å². The molecule has 1 fully saturated rings. The normalized spacial score (nSPS) is 14.8. The van der Waals surface area contributed by atoms with E-state index in [0.717, 1.165) is 45.9 Å². The van der Waals surface area contributed by atoms with E-state index < -0.39 is 0 Å². The van der Waals surface area contributed by atoms with Crippen molar-refractivity contribution >= 4 is 51.4 Å². The highest BCUT2D eigenvalue weighted by molar-refractivity contribution is 14.1. The van der Waals surface area contributed by atoms with Crippen molar-refractivity contribution in [1.82, 2.24) is 15.2 Å². The Labute approximate surface area is 171 Å². The van der Waals surface area contributed by atoms with Gasteiger partial charge in [0.15, 0.2) is 0 Å². The van der Waals surface area contributed by atoms with E-state index in [9.17, 15) is 4.79 Å². The smallest absolute Gasteiger partial charge is 0.263 e. The molecule has 0 bridgehead atoms. The number of rotatable bonds is 6. The van der Waals surface area contributed by atoms with Gasteiger partial charge < -0.3 is 10.2 Å². The Bertz CT molecular complexity index is 759. The van der Waals surface area contributed by atoms with Gasteiger partial charge in [-0.2, -0.15) is 0 Å². The third-order valence-corrected chi connectivity index (χ3v) is 6.58. The summed E-state index contributed by atoms with van der Waals surface area (Å²) in [5, 5.41) is 4.57. The molecule has 0 atom stereocenters. The van der Waals surface area contributed by atoms with E-state index in [1.165, 1.54) is 24.2 Å². The van der Waals surface area contributed by atoms with E-state index in [-0.39, 0.29) is 5.91 Å². The third-order valence-electron chi connectivity index (χ3n) is 4.27. The van der Waals surface area contributed by atoms with Crippen molar-refractivity contribution in [2.24, 2.45) is 0 Å². The standard InChI is InChI=1S/C18H21ClIN3OS/c1-12-16(17(24)21-4-7-23-5-2-3-6-23)25-18(22-12)14-8-13(11-20)9-15(19)10-14/h8-10H,2-7,11H2,1H3,(H,21,24). The minimum Gasteiger partial charge on any atom is -0.350 e. The van der Waals surface area contributed by atoms with Gasteiger partial charge in [0, 0.05) is 28.1 Å². The summed E-state index contributed by atoms with van der Waals surface area (Å²) in [6.07, 6.45) is 2.54. The number of hydrogen-bond acceptors (Lipinski definition) is 4. The summed E-state index contributed by atoms with van der Waals surface area (Å²) in [7, 11) is 0. The number of nitrogens with one attached hydrogen (secondary N) is 1. The molecule has 1 N–H and O–H groups in total. The van der Waals surface area contributed by atoms with Gasteiger partial charge in [-0.3, -0.25) is 4.79 Å². The predicted molar refractivity (Wildman–Crippen MR) is 113 cm³/mol. The second kappa shape index (κ2) is 8.79. The summed E-state index contributed by atoms with van der Waals surface area (Å²) in [6, 6.07) is 5.96. The van der Waals surface area contributed by atoms with Crippen LogP contribution in [0.2, 0.25) is 5.02 Å². The average Bonchev–Trinajstić information content (AvgIpc) is 3.23. The van der Waals surface area contributed by atoms with Crippen LogP contribution in [0.25, 0.3) is 10.6 Å². The molecular formula is C18H21ClIN3OS. The molecule has 3 rings (SSSR count). The van der Waals surface area contributed by atoms with Gasteiger partial charge in [0.1, 0.15) is 9.88 Å². The Kier molecular flexibility index (Phi) is 6.71. The summed E-state index contributed by atoms with van der Waals surface area (Å²) in [6.45, 7) is 5.78. The highest BCUT2D eigenvalue weighted by Gasteiger charge is 2.17. The van der Waals surface area contributed by atoms with Gasteiger partial charge in [0.25, 0.3) is 5.91 Å². The van der Waals surface area contributed by atoms with Crippen LogP contribution in [0.15, 0.2) is 18.2 Å². The molecule has 2 heterocycles. The summed E-state index contributed by atoms with van der Waals surface area (Å²) >= 11 is 9.96.